The van der Waals surface area contributed by atoms with E-state index in [1.165, 1.54) is 0 Å². The predicted octanol–water partition coefficient (Wildman–Crippen LogP) is 0.831. The number of rotatable bonds is 5. The maximum absolute atomic E-state index is 11.8. The third kappa shape index (κ3) is 3.32. The lowest BCUT2D eigenvalue weighted by molar-refractivity contribution is -0.130. The van der Waals surface area contributed by atoms with Gasteiger partial charge in [0.05, 0.1) is 11.4 Å². The van der Waals surface area contributed by atoms with Crippen molar-refractivity contribution in [3.63, 3.8) is 0 Å². The smallest absolute Gasteiger partial charge is 0.223 e. The topological polar surface area (TPSA) is 50.2 Å². The Kier molecular flexibility index (Phi) is 4.36. The monoisotopic (exact) mass is 250 g/mol. The van der Waals surface area contributed by atoms with Crippen molar-refractivity contribution in [2.24, 2.45) is 7.05 Å². The minimum absolute atomic E-state index is 0.279. The van der Waals surface area contributed by atoms with E-state index in [1.807, 2.05) is 23.6 Å². The maximum Gasteiger partial charge on any atom is 0.223 e. The van der Waals surface area contributed by atoms with Crippen LogP contribution in [0.3, 0.4) is 0 Å². The number of aromatic nitrogens is 2. The van der Waals surface area contributed by atoms with Crippen molar-refractivity contribution < 1.29 is 4.79 Å². The van der Waals surface area contributed by atoms with Crippen LogP contribution in [0, 0.1) is 6.92 Å². The largest absolute Gasteiger partial charge is 0.343 e. The minimum Gasteiger partial charge on any atom is -0.343 e. The maximum atomic E-state index is 11.8. The molecule has 0 atom stereocenters. The molecule has 0 radical (unpaired) electrons. The van der Waals surface area contributed by atoms with Crippen molar-refractivity contribution in [2.75, 3.05) is 19.6 Å². The molecular weight excluding hydrogens is 228 g/mol. The summed E-state index contributed by atoms with van der Waals surface area (Å²) in [5, 5.41) is 7.59. The first-order chi connectivity index (χ1) is 8.66. The molecule has 1 aliphatic heterocycles. The molecule has 0 saturated carbocycles. The summed E-state index contributed by atoms with van der Waals surface area (Å²) in [4.78, 5) is 13.8. The van der Waals surface area contributed by atoms with Crippen LogP contribution < -0.4 is 5.32 Å². The van der Waals surface area contributed by atoms with Gasteiger partial charge in [-0.15, -0.1) is 0 Å². The Morgan fingerprint density at radius 1 is 1.44 bits per heavy atom. The van der Waals surface area contributed by atoms with Gasteiger partial charge >= 0.3 is 0 Å². The first-order valence-electron chi connectivity index (χ1n) is 6.65. The Morgan fingerprint density at radius 3 is 2.78 bits per heavy atom. The number of hydrogen-bond acceptors (Lipinski definition) is 3. The number of likely N-dealkylation sites (tertiary alicyclic amines) is 1. The summed E-state index contributed by atoms with van der Waals surface area (Å²) in [7, 11) is 1.94. The Morgan fingerprint density at radius 2 is 2.17 bits per heavy atom. The van der Waals surface area contributed by atoms with Crippen molar-refractivity contribution >= 4 is 5.91 Å². The van der Waals surface area contributed by atoms with Gasteiger partial charge in [-0.05, 0) is 25.8 Å². The third-order valence-corrected chi connectivity index (χ3v) is 3.38. The molecule has 1 N–H and O–H groups in total. The van der Waals surface area contributed by atoms with Crippen LogP contribution >= 0.6 is 0 Å². The highest BCUT2D eigenvalue weighted by Crippen LogP contribution is 2.08. The summed E-state index contributed by atoms with van der Waals surface area (Å²) in [6, 6.07) is 2.06. The first-order valence-corrected chi connectivity index (χ1v) is 6.65. The Bertz CT molecular complexity index is 407. The highest BCUT2D eigenvalue weighted by molar-refractivity contribution is 5.76. The van der Waals surface area contributed by atoms with Crippen LogP contribution in [-0.2, 0) is 18.4 Å². The molecule has 2 rings (SSSR count). The van der Waals surface area contributed by atoms with Gasteiger partial charge in [0.1, 0.15) is 0 Å². The summed E-state index contributed by atoms with van der Waals surface area (Å²) < 4.78 is 1.88. The average molecular weight is 250 g/mol. The molecule has 0 aliphatic carbocycles. The quantitative estimate of drug-likeness (QED) is 0.788. The van der Waals surface area contributed by atoms with E-state index in [0.29, 0.717) is 6.42 Å². The molecule has 100 valence electrons. The van der Waals surface area contributed by atoms with Crippen LogP contribution in [0.15, 0.2) is 6.07 Å². The molecule has 1 saturated heterocycles. The fourth-order valence-electron chi connectivity index (χ4n) is 2.37. The van der Waals surface area contributed by atoms with Crippen LogP contribution in [0.1, 0.15) is 30.7 Å². The van der Waals surface area contributed by atoms with Crippen LogP contribution in [0.2, 0.25) is 0 Å². The van der Waals surface area contributed by atoms with Gasteiger partial charge in [-0.25, -0.2) is 0 Å². The molecule has 1 aromatic heterocycles. The number of nitrogens with one attached hydrogen (secondary N) is 1. The number of carbonyl (C=O) groups is 1. The molecule has 0 aromatic carbocycles. The zero-order valence-corrected chi connectivity index (χ0v) is 11.3. The van der Waals surface area contributed by atoms with Crippen LogP contribution in [-0.4, -0.2) is 40.2 Å². The Balaban J connectivity index is 1.66. The molecule has 1 aromatic rings. The van der Waals surface area contributed by atoms with E-state index < -0.39 is 0 Å². The lowest BCUT2D eigenvalue weighted by Gasteiger charge is -2.15. The highest BCUT2D eigenvalue weighted by Gasteiger charge is 2.16. The zero-order chi connectivity index (χ0) is 13.0. The second-order valence-electron chi connectivity index (χ2n) is 4.92. The van der Waals surface area contributed by atoms with Gasteiger partial charge in [-0.1, -0.05) is 0 Å². The van der Waals surface area contributed by atoms with Gasteiger partial charge in [0, 0.05) is 39.6 Å². The number of aryl methyl sites for hydroxylation is 2. The van der Waals surface area contributed by atoms with Gasteiger partial charge in [0.25, 0.3) is 0 Å². The molecule has 5 nitrogen and oxygen atoms in total. The van der Waals surface area contributed by atoms with E-state index in [4.69, 9.17) is 0 Å². The van der Waals surface area contributed by atoms with Gasteiger partial charge in [-0.2, -0.15) is 5.10 Å². The van der Waals surface area contributed by atoms with Crippen molar-refractivity contribution in [2.45, 2.75) is 32.7 Å². The van der Waals surface area contributed by atoms with E-state index in [1.54, 1.807) is 0 Å². The zero-order valence-electron chi connectivity index (χ0n) is 11.3. The fraction of sp³-hybridized carbons (Fsp3) is 0.692. The molecule has 1 fully saturated rings. The molecule has 2 heterocycles. The summed E-state index contributed by atoms with van der Waals surface area (Å²) in [5.74, 6) is 0.279. The molecule has 1 amide bonds. The first kappa shape index (κ1) is 13.1. The van der Waals surface area contributed by atoms with E-state index in [0.717, 1.165) is 50.4 Å². The number of hydrogen-bond donors (Lipinski definition) is 1. The van der Waals surface area contributed by atoms with Crippen molar-refractivity contribution in [3.05, 3.63) is 17.5 Å². The van der Waals surface area contributed by atoms with E-state index in [2.05, 4.69) is 16.5 Å². The molecule has 1 aliphatic rings. The van der Waals surface area contributed by atoms with Crippen molar-refractivity contribution in [3.8, 4) is 0 Å². The summed E-state index contributed by atoms with van der Waals surface area (Å²) in [6.45, 7) is 5.38. The van der Waals surface area contributed by atoms with Crippen LogP contribution in [0.25, 0.3) is 0 Å². The van der Waals surface area contributed by atoms with Gasteiger partial charge < -0.3 is 10.2 Å². The Labute approximate surface area is 108 Å². The van der Waals surface area contributed by atoms with Crippen LogP contribution in [0.5, 0.6) is 0 Å². The number of amides is 1. The van der Waals surface area contributed by atoms with E-state index >= 15 is 0 Å². The Hall–Kier alpha value is -1.36. The predicted molar refractivity (Wildman–Crippen MR) is 70.1 cm³/mol. The SMILES string of the molecule is Cc1cc(CNCCC(=O)N2CCCC2)n(C)n1. The fourth-order valence-corrected chi connectivity index (χ4v) is 2.37. The van der Waals surface area contributed by atoms with Gasteiger partial charge in [0.15, 0.2) is 0 Å². The third-order valence-electron chi connectivity index (χ3n) is 3.38. The highest BCUT2D eigenvalue weighted by atomic mass is 16.2. The van der Waals surface area contributed by atoms with Crippen LogP contribution in [0.4, 0.5) is 0 Å². The lowest BCUT2D eigenvalue weighted by Crippen LogP contribution is -2.30. The standard InChI is InChI=1S/C13H22N4O/c1-11-9-12(16(2)15-11)10-14-6-5-13(18)17-7-3-4-8-17/h9,14H,3-8,10H2,1-2H3. The van der Waals surface area contributed by atoms with E-state index in [9.17, 15) is 4.79 Å². The minimum atomic E-state index is 0.279. The lowest BCUT2D eigenvalue weighted by atomic mass is 10.3. The summed E-state index contributed by atoms with van der Waals surface area (Å²) in [5.41, 5.74) is 2.18. The molecule has 18 heavy (non-hydrogen) atoms. The number of nitrogens with zero attached hydrogens (tertiary/aromatic N) is 3. The molecule has 5 heteroatoms. The normalized spacial score (nSPS) is 15.3. The number of carbonyl (C=O) groups excluding carboxylic acids is 1. The molecule has 0 spiro atoms. The van der Waals surface area contributed by atoms with Gasteiger partial charge in [0.2, 0.25) is 5.91 Å². The second kappa shape index (κ2) is 6.00. The molecule has 0 unspecified atom stereocenters. The second-order valence-corrected chi connectivity index (χ2v) is 4.92. The van der Waals surface area contributed by atoms with Gasteiger partial charge in [-0.3, -0.25) is 9.48 Å². The van der Waals surface area contributed by atoms with Crippen molar-refractivity contribution in [1.29, 1.82) is 0 Å². The molecule has 0 bridgehead atoms. The van der Waals surface area contributed by atoms with Crippen molar-refractivity contribution in [1.82, 2.24) is 20.0 Å². The summed E-state index contributed by atoms with van der Waals surface area (Å²) in [6.07, 6.45) is 2.91. The van der Waals surface area contributed by atoms with E-state index in [-0.39, 0.29) is 5.91 Å². The summed E-state index contributed by atoms with van der Waals surface area (Å²) >= 11 is 0. The molecular formula is C13H22N4O. The average Bonchev–Trinajstić information content (AvgIpc) is 2.94.